The lowest BCUT2D eigenvalue weighted by atomic mass is 10.1. The van der Waals surface area contributed by atoms with E-state index in [0.29, 0.717) is 36.7 Å². The molecular formula is C23H22F2N6O2. The number of hydrogen-bond acceptors (Lipinski definition) is 7. The molecule has 4 aromatic rings. The first-order valence-electron chi connectivity index (χ1n) is 10.6. The van der Waals surface area contributed by atoms with Crippen LogP contribution in [-0.4, -0.2) is 57.5 Å². The van der Waals surface area contributed by atoms with Crippen LogP contribution in [0, 0.1) is 5.82 Å². The standard InChI is InChI=1S/C23H22F2N6O2/c1-32-22-5-2-14(10-16(22)24)12-31-21-4-3-15(11-20(21)29-30-31)18-6-8-26-23(27-18)28-19-7-9-33-13-17(19)25/h2-6,8,10-11,17,19H,7,9,12-13H2,1H3,(H,26,27,28)/t17-,19+/m1/s1. The molecule has 1 fully saturated rings. The Balaban J connectivity index is 1.37. The van der Waals surface area contributed by atoms with Crippen LogP contribution >= 0.6 is 0 Å². The van der Waals surface area contributed by atoms with Gasteiger partial charge in [0.2, 0.25) is 5.95 Å². The van der Waals surface area contributed by atoms with Gasteiger partial charge in [0.1, 0.15) is 11.7 Å². The summed E-state index contributed by atoms with van der Waals surface area (Å²) in [6.45, 7) is 0.952. The molecule has 1 saturated heterocycles. The van der Waals surface area contributed by atoms with Gasteiger partial charge < -0.3 is 14.8 Å². The second-order valence-electron chi connectivity index (χ2n) is 7.82. The van der Waals surface area contributed by atoms with Crippen LogP contribution in [0.2, 0.25) is 0 Å². The normalized spacial score (nSPS) is 18.4. The SMILES string of the molecule is COc1ccc(Cn2nnc3cc(-c4ccnc(N[C@H]5CCOC[C@H]5F)n4)ccc32)cc1F. The number of aromatic nitrogens is 5. The van der Waals surface area contributed by atoms with Gasteiger partial charge in [-0.05, 0) is 42.3 Å². The Hall–Kier alpha value is -3.66. The van der Waals surface area contributed by atoms with Crippen LogP contribution in [0.3, 0.4) is 0 Å². The van der Waals surface area contributed by atoms with E-state index in [1.54, 1.807) is 29.1 Å². The molecule has 3 heterocycles. The van der Waals surface area contributed by atoms with E-state index in [9.17, 15) is 8.78 Å². The van der Waals surface area contributed by atoms with Crippen LogP contribution in [-0.2, 0) is 11.3 Å². The van der Waals surface area contributed by atoms with Crippen molar-refractivity contribution in [3.8, 4) is 17.0 Å². The zero-order chi connectivity index (χ0) is 22.8. The van der Waals surface area contributed by atoms with Crippen LogP contribution in [0.4, 0.5) is 14.7 Å². The van der Waals surface area contributed by atoms with E-state index in [1.165, 1.54) is 13.2 Å². The summed E-state index contributed by atoms with van der Waals surface area (Å²) in [4.78, 5) is 8.77. The summed E-state index contributed by atoms with van der Waals surface area (Å²) in [5.74, 6) is 0.145. The Labute approximate surface area is 188 Å². The van der Waals surface area contributed by atoms with Crippen molar-refractivity contribution in [2.24, 2.45) is 0 Å². The summed E-state index contributed by atoms with van der Waals surface area (Å²) in [5, 5.41) is 11.5. The van der Waals surface area contributed by atoms with Crippen molar-refractivity contribution in [1.29, 1.82) is 0 Å². The van der Waals surface area contributed by atoms with Crippen molar-refractivity contribution in [2.75, 3.05) is 25.6 Å². The van der Waals surface area contributed by atoms with Gasteiger partial charge in [-0.1, -0.05) is 17.3 Å². The maximum Gasteiger partial charge on any atom is 0.223 e. The number of alkyl halides is 1. The number of nitrogens with zero attached hydrogens (tertiary/aromatic N) is 5. The van der Waals surface area contributed by atoms with E-state index in [0.717, 1.165) is 16.6 Å². The molecular weight excluding hydrogens is 430 g/mol. The second kappa shape index (κ2) is 9.07. The van der Waals surface area contributed by atoms with Crippen molar-refractivity contribution in [2.45, 2.75) is 25.2 Å². The summed E-state index contributed by atoms with van der Waals surface area (Å²) >= 11 is 0. The quantitative estimate of drug-likeness (QED) is 0.478. The number of hydrogen-bond donors (Lipinski definition) is 1. The van der Waals surface area contributed by atoms with Crippen molar-refractivity contribution >= 4 is 17.0 Å². The van der Waals surface area contributed by atoms with Crippen molar-refractivity contribution in [1.82, 2.24) is 25.0 Å². The molecule has 0 bridgehead atoms. The van der Waals surface area contributed by atoms with E-state index >= 15 is 0 Å². The fourth-order valence-corrected chi connectivity index (χ4v) is 3.85. The van der Waals surface area contributed by atoms with Gasteiger partial charge >= 0.3 is 0 Å². The topological polar surface area (TPSA) is 87.0 Å². The maximum absolute atomic E-state index is 14.1. The Bertz CT molecular complexity index is 1280. The Morgan fingerprint density at radius 2 is 2.12 bits per heavy atom. The maximum atomic E-state index is 14.1. The van der Waals surface area contributed by atoms with Crippen LogP contribution in [0.5, 0.6) is 5.75 Å². The molecule has 1 aliphatic heterocycles. The summed E-state index contributed by atoms with van der Waals surface area (Å²) in [7, 11) is 1.43. The van der Waals surface area contributed by atoms with E-state index in [1.807, 2.05) is 18.2 Å². The Morgan fingerprint density at radius 1 is 1.21 bits per heavy atom. The van der Waals surface area contributed by atoms with Crippen molar-refractivity contribution < 1.29 is 18.3 Å². The van der Waals surface area contributed by atoms with Gasteiger partial charge in [-0.15, -0.1) is 5.10 Å². The Morgan fingerprint density at radius 3 is 2.94 bits per heavy atom. The van der Waals surface area contributed by atoms with E-state index in [4.69, 9.17) is 9.47 Å². The summed E-state index contributed by atoms with van der Waals surface area (Å²) in [5.41, 5.74) is 3.76. The molecule has 0 saturated carbocycles. The molecule has 0 spiro atoms. The highest BCUT2D eigenvalue weighted by atomic mass is 19.1. The number of methoxy groups -OCH3 is 1. The van der Waals surface area contributed by atoms with Gasteiger partial charge in [-0.25, -0.2) is 23.4 Å². The predicted octanol–water partition coefficient (Wildman–Crippen LogP) is 3.62. The molecule has 0 unspecified atom stereocenters. The summed E-state index contributed by atoms with van der Waals surface area (Å²) < 4.78 is 39.9. The molecule has 2 atom stereocenters. The molecule has 170 valence electrons. The van der Waals surface area contributed by atoms with E-state index in [-0.39, 0.29) is 18.4 Å². The molecule has 8 nitrogen and oxygen atoms in total. The minimum atomic E-state index is -1.10. The van der Waals surface area contributed by atoms with Crippen molar-refractivity contribution in [3.63, 3.8) is 0 Å². The molecule has 0 radical (unpaired) electrons. The van der Waals surface area contributed by atoms with Crippen LogP contribution in [0.15, 0.2) is 48.7 Å². The van der Waals surface area contributed by atoms with Crippen LogP contribution < -0.4 is 10.1 Å². The lowest BCUT2D eigenvalue weighted by Gasteiger charge is -2.26. The number of benzene rings is 2. The van der Waals surface area contributed by atoms with Gasteiger partial charge in [-0.3, -0.25) is 0 Å². The zero-order valence-electron chi connectivity index (χ0n) is 17.9. The molecule has 2 aromatic heterocycles. The highest BCUT2D eigenvalue weighted by molar-refractivity contribution is 5.80. The number of anilines is 1. The fourth-order valence-electron chi connectivity index (χ4n) is 3.85. The molecule has 0 amide bonds. The molecule has 10 heteroatoms. The van der Waals surface area contributed by atoms with E-state index in [2.05, 4.69) is 25.6 Å². The van der Waals surface area contributed by atoms with Gasteiger partial charge in [0.05, 0.1) is 37.5 Å². The minimum Gasteiger partial charge on any atom is -0.494 e. The highest BCUT2D eigenvalue weighted by Crippen LogP contribution is 2.24. The van der Waals surface area contributed by atoms with Gasteiger partial charge in [0.15, 0.2) is 11.6 Å². The number of rotatable bonds is 6. The molecule has 1 N–H and O–H groups in total. The molecule has 5 rings (SSSR count). The average Bonchev–Trinajstić information content (AvgIpc) is 3.23. The first kappa shape index (κ1) is 21.2. The molecule has 33 heavy (non-hydrogen) atoms. The molecule has 2 aromatic carbocycles. The summed E-state index contributed by atoms with van der Waals surface area (Å²) in [6, 6.07) is 11.9. The lowest BCUT2D eigenvalue weighted by molar-refractivity contribution is 0.0284. The summed E-state index contributed by atoms with van der Waals surface area (Å²) in [6.07, 6.45) is 1.09. The first-order chi connectivity index (χ1) is 16.1. The number of fused-ring (bicyclic) bond motifs is 1. The number of ether oxygens (including phenoxy) is 2. The number of halogens is 2. The molecule has 1 aliphatic rings. The third-order valence-electron chi connectivity index (χ3n) is 5.62. The van der Waals surface area contributed by atoms with Gasteiger partial charge in [0.25, 0.3) is 0 Å². The smallest absolute Gasteiger partial charge is 0.223 e. The zero-order valence-corrected chi connectivity index (χ0v) is 17.9. The number of nitrogens with one attached hydrogen (secondary N) is 1. The lowest BCUT2D eigenvalue weighted by Crippen LogP contribution is -2.39. The predicted molar refractivity (Wildman–Crippen MR) is 118 cm³/mol. The van der Waals surface area contributed by atoms with Crippen LogP contribution in [0.25, 0.3) is 22.3 Å². The third-order valence-corrected chi connectivity index (χ3v) is 5.62. The first-order valence-corrected chi connectivity index (χ1v) is 10.6. The van der Waals surface area contributed by atoms with E-state index < -0.39 is 12.0 Å². The fraction of sp³-hybridized carbons (Fsp3) is 0.304. The monoisotopic (exact) mass is 452 g/mol. The third kappa shape index (κ3) is 4.47. The minimum absolute atomic E-state index is 0.0762. The Kier molecular flexibility index (Phi) is 5.82. The van der Waals surface area contributed by atoms with Crippen LogP contribution in [0.1, 0.15) is 12.0 Å². The molecule has 0 aliphatic carbocycles. The average molecular weight is 452 g/mol. The van der Waals surface area contributed by atoms with Gasteiger partial charge in [-0.2, -0.15) is 0 Å². The highest BCUT2D eigenvalue weighted by Gasteiger charge is 2.26. The van der Waals surface area contributed by atoms with Crippen molar-refractivity contribution in [3.05, 3.63) is 60.0 Å². The second-order valence-corrected chi connectivity index (χ2v) is 7.82. The largest absolute Gasteiger partial charge is 0.494 e. The van der Waals surface area contributed by atoms with Gasteiger partial charge in [0, 0.05) is 18.4 Å².